The van der Waals surface area contributed by atoms with Gasteiger partial charge in [-0.1, -0.05) is 0 Å². The minimum atomic E-state index is -3.51. The number of carbonyl (C=O) groups is 1. The molecule has 0 fully saturated rings. The number of thiazole rings is 1. The van der Waals surface area contributed by atoms with Gasteiger partial charge in [0, 0.05) is 5.38 Å². The zero-order chi connectivity index (χ0) is 14.7. The van der Waals surface area contributed by atoms with Gasteiger partial charge < -0.3 is 4.74 Å². The molecular formula is C10H16N2O5S2. The van der Waals surface area contributed by atoms with E-state index in [1.165, 1.54) is 11.3 Å². The summed E-state index contributed by atoms with van der Waals surface area (Å²) in [5, 5.41) is 4.46. The molecule has 0 radical (unpaired) electrons. The van der Waals surface area contributed by atoms with E-state index in [0.29, 0.717) is 10.8 Å². The lowest BCUT2D eigenvalue weighted by Gasteiger charge is -2.19. The van der Waals surface area contributed by atoms with Crippen LogP contribution in [0.15, 0.2) is 5.38 Å². The number of rotatable bonds is 4. The third-order valence-corrected chi connectivity index (χ3v) is 2.95. The van der Waals surface area contributed by atoms with E-state index >= 15 is 0 Å². The molecule has 19 heavy (non-hydrogen) atoms. The van der Waals surface area contributed by atoms with Crippen LogP contribution >= 0.6 is 11.3 Å². The number of aromatic nitrogens is 1. The first kappa shape index (κ1) is 15.9. The lowest BCUT2D eigenvalue weighted by atomic mass is 10.2. The summed E-state index contributed by atoms with van der Waals surface area (Å²) in [7, 11) is -3.51. The summed E-state index contributed by atoms with van der Waals surface area (Å²) in [6.07, 6.45) is 0.342. The molecular weight excluding hydrogens is 292 g/mol. The molecule has 0 saturated heterocycles. The van der Waals surface area contributed by atoms with Crippen molar-refractivity contribution in [3.63, 3.8) is 0 Å². The van der Waals surface area contributed by atoms with Crippen molar-refractivity contribution >= 4 is 33.4 Å². The summed E-state index contributed by atoms with van der Waals surface area (Å²) in [4.78, 5) is 15.5. The number of amides is 1. The summed E-state index contributed by atoms with van der Waals surface area (Å²) < 4.78 is 31.3. The van der Waals surface area contributed by atoms with Crippen LogP contribution < -0.4 is 5.32 Å². The van der Waals surface area contributed by atoms with Gasteiger partial charge in [0.25, 0.3) is 10.1 Å². The SMILES string of the molecule is CC(C)(C)OC(=O)Nc1csc(COS(C)(=O)=O)n1. The maximum absolute atomic E-state index is 11.5. The first-order chi connectivity index (χ1) is 8.55. The summed E-state index contributed by atoms with van der Waals surface area (Å²) >= 11 is 1.18. The quantitative estimate of drug-likeness (QED) is 0.854. The predicted octanol–water partition coefficient (Wildman–Crippen LogP) is 1.97. The molecule has 0 aromatic carbocycles. The van der Waals surface area contributed by atoms with E-state index in [1.54, 1.807) is 26.2 Å². The van der Waals surface area contributed by atoms with E-state index in [4.69, 9.17) is 4.74 Å². The van der Waals surface area contributed by atoms with Crippen molar-refractivity contribution in [2.24, 2.45) is 0 Å². The Morgan fingerprint density at radius 3 is 2.63 bits per heavy atom. The van der Waals surface area contributed by atoms with Gasteiger partial charge >= 0.3 is 6.09 Å². The second-order valence-corrected chi connectivity index (χ2v) is 7.31. The lowest BCUT2D eigenvalue weighted by molar-refractivity contribution is 0.0635. The first-order valence-corrected chi connectivity index (χ1v) is 8.03. The molecule has 0 unspecified atom stereocenters. The molecule has 1 aromatic rings. The number of nitrogens with one attached hydrogen (secondary N) is 1. The van der Waals surface area contributed by atoms with Gasteiger partial charge in [-0.25, -0.2) is 9.78 Å². The average Bonchev–Trinajstić information content (AvgIpc) is 2.58. The normalized spacial score (nSPS) is 12.2. The van der Waals surface area contributed by atoms with Crippen molar-refractivity contribution in [3.8, 4) is 0 Å². The van der Waals surface area contributed by atoms with E-state index in [1.807, 2.05) is 0 Å². The van der Waals surface area contributed by atoms with Gasteiger partial charge in [-0.15, -0.1) is 11.3 Å². The number of nitrogens with zero attached hydrogens (tertiary/aromatic N) is 1. The Balaban J connectivity index is 2.53. The smallest absolute Gasteiger partial charge is 0.413 e. The topological polar surface area (TPSA) is 94.6 Å². The van der Waals surface area contributed by atoms with Crippen LogP contribution in [-0.4, -0.2) is 31.4 Å². The molecule has 0 atom stereocenters. The van der Waals surface area contributed by atoms with Crippen LogP contribution in [0.1, 0.15) is 25.8 Å². The van der Waals surface area contributed by atoms with Crippen molar-refractivity contribution in [1.82, 2.24) is 4.98 Å². The van der Waals surface area contributed by atoms with Gasteiger partial charge in [-0.05, 0) is 20.8 Å². The molecule has 1 heterocycles. The number of carbonyl (C=O) groups excluding carboxylic acids is 1. The fourth-order valence-corrected chi connectivity index (χ4v) is 2.04. The molecule has 0 saturated carbocycles. The summed E-state index contributed by atoms with van der Waals surface area (Å²) in [6.45, 7) is 5.09. The van der Waals surface area contributed by atoms with Crippen LogP contribution in [0.25, 0.3) is 0 Å². The second kappa shape index (κ2) is 5.85. The molecule has 0 spiro atoms. The summed E-state index contributed by atoms with van der Waals surface area (Å²) in [5.74, 6) is 0.298. The number of hydrogen-bond donors (Lipinski definition) is 1. The van der Waals surface area contributed by atoms with Crippen molar-refractivity contribution in [3.05, 3.63) is 10.4 Å². The van der Waals surface area contributed by atoms with Gasteiger partial charge in [0.2, 0.25) is 0 Å². The van der Waals surface area contributed by atoms with E-state index in [2.05, 4.69) is 14.5 Å². The Morgan fingerprint density at radius 2 is 2.11 bits per heavy atom. The van der Waals surface area contributed by atoms with Gasteiger partial charge in [0.05, 0.1) is 6.26 Å². The number of hydrogen-bond acceptors (Lipinski definition) is 7. The van der Waals surface area contributed by atoms with Gasteiger partial charge in [-0.2, -0.15) is 8.42 Å². The number of anilines is 1. The number of ether oxygens (including phenoxy) is 1. The van der Waals surface area contributed by atoms with Crippen molar-refractivity contribution in [1.29, 1.82) is 0 Å². The fraction of sp³-hybridized carbons (Fsp3) is 0.600. The second-order valence-electron chi connectivity index (χ2n) is 4.72. The fourth-order valence-electron chi connectivity index (χ4n) is 1.00. The third kappa shape index (κ3) is 7.09. The highest BCUT2D eigenvalue weighted by atomic mass is 32.2. The molecule has 1 aromatic heterocycles. The Hall–Kier alpha value is -1.19. The van der Waals surface area contributed by atoms with E-state index in [9.17, 15) is 13.2 Å². The maximum Gasteiger partial charge on any atom is 0.413 e. The summed E-state index contributed by atoms with van der Waals surface area (Å²) in [6, 6.07) is 0. The molecule has 0 aliphatic heterocycles. The Kier molecular flexibility index (Phi) is 4.88. The van der Waals surface area contributed by atoms with Crippen LogP contribution in [0.4, 0.5) is 10.6 Å². The highest BCUT2D eigenvalue weighted by Crippen LogP contribution is 2.17. The van der Waals surface area contributed by atoms with E-state index in [0.717, 1.165) is 6.26 Å². The van der Waals surface area contributed by atoms with Crippen molar-refractivity contribution < 1.29 is 22.1 Å². The molecule has 7 nitrogen and oxygen atoms in total. The summed E-state index contributed by atoms with van der Waals surface area (Å²) in [5.41, 5.74) is -0.595. The minimum Gasteiger partial charge on any atom is -0.444 e. The molecule has 0 aliphatic carbocycles. The van der Waals surface area contributed by atoms with Gasteiger partial charge in [0.15, 0.2) is 0 Å². The van der Waals surface area contributed by atoms with Crippen LogP contribution in [0.5, 0.6) is 0 Å². The first-order valence-electron chi connectivity index (χ1n) is 5.34. The third-order valence-electron chi connectivity index (χ3n) is 1.58. The van der Waals surface area contributed by atoms with Gasteiger partial charge in [0.1, 0.15) is 23.0 Å². The van der Waals surface area contributed by atoms with Crippen LogP contribution in [0.2, 0.25) is 0 Å². The average molecular weight is 308 g/mol. The molecule has 108 valence electrons. The molecule has 1 rings (SSSR count). The molecule has 9 heteroatoms. The Morgan fingerprint density at radius 1 is 1.47 bits per heavy atom. The predicted molar refractivity (Wildman–Crippen MR) is 71.6 cm³/mol. The van der Waals surface area contributed by atoms with E-state index in [-0.39, 0.29) is 6.61 Å². The molecule has 0 bridgehead atoms. The van der Waals surface area contributed by atoms with Crippen LogP contribution in [0.3, 0.4) is 0 Å². The van der Waals surface area contributed by atoms with Crippen molar-refractivity contribution in [2.75, 3.05) is 11.6 Å². The molecule has 0 aliphatic rings. The standard InChI is InChI=1S/C10H16N2O5S2/c1-10(2,3)17-9(13)12-7-6-18-8(11-7)5-16-19(4,14)15/h6H,5H2,1-4H3,(H,12,13). The Labute approximate surface area is 116 Å². The minimum absolute atomic E-state index is 0.153. The highest BCUT2D eigenvalue weighted by molar-refractivity contribution is 7.85. The monoisotopic (exact) mass is 308 g/mol. The molecule has 1 amide bonds. The maximum atomic E-state index is 11.5. The zero-order valence-corrected chi connectivity index (χ0v) is 12.7. The van der Waals surface area contributed by atoms with Gasteiger partial charge in [-0.3, -0.25) is 9.50 Å². The lowest BCUT2D eigenvalue weighted by Crippen LogP contribution is -2.27. The highest BCUT2D eigenvalue weighted by Gasteiger charge is 2.17. The zero-order valence-electron chi connectivity index (χ0n) is 11.1. The van der Waals surface area contributed by atoms with Crippen molar-refractivity contribution in [2.45, 2.75) is 33.0 Å². The molecule has 1 N–H and O–H groups in total. The van der Waals surface area contributed by atoms with Crippen LogP contribution in [-0.2, 0) is 25.6 Å². The van der Waals surface area contributed by atoms with Crippen LogP contribution in [0, 0.1) is 0 Å². The largest absolute Gasteiger partial charge is 0.444 e. The Bertz CT molecular complexity index is 545. The van der Waals surface area contributed by atoms with E-state index < -0.39 is 21.8 Å².